The molecule has 1 saturated carbocycles. The van der Waals surface area contributed by atoms with Crippen molar-refractivity contribution in [3.63, 3.8) is 0 Å². The van der Waals surface area contributed by atoms with Crippen molar-refractivity contribution in [1.82, 2.24) is 0 Å². The standard InChI is InChI=1S/C19H19F3N2O3/c20-19(21,22)14-11-13(23-18(26)16-7-4-10-27-16)8-9-15(14)24-17(25)12-5-2-1-3-6-12/h4,7-12H,1-3,5-6H2,(H,23,26)(H,24,25). The maximum atomic E-state index is 13.4. The van der Waals surface area contributed by atoms with Crippen molar-refractivity contribution in [3.8, 4) is 0 Å². The number of nitrogens with one attached hydrogen (secondary N) is 2. The van der Waals surface area contributed by atoms with Gasteiger partial charge < -0.3 is 15.1 Å². The lowest BCUT2D eigenvalue weighted by atomic mass is 9.88. The Morgan fingerprint density at radius 1 is 1.04 bits per heavy atom. The first kappa shape index (κ1) is 19.0. The highest BCUT2D eigenvalue weighted by molar-refractivity contribution is 6.02. The number of halogens is 3. The molecule has 3 rings (SSSR count). The lowest BCUT2D eigenvalue weighted by Crippen LogP contribution is -2.26. The van der Waals surface area contributed by atoms with E-state index < -0.39 is 23.6 Å². The number of hydrogen-bond donors (Lipinski definition) is 2. The van der Waals surface area contributed by atoms with Gasteiger partial charge in [0.15, 0.2) is 5.76 Å². The second-order valence-corrected chi connectivity index (χ2v) is 6.51. The molecule has 1 aromatic heterocycles. The van der Waals surface area contributed by atoms with Crippen LogP contribution >= 0.6 is 0 Å². The first-order chi connectivity index (χ1) is 12.8. The number of carbonyl (C=O) groups excluding carboxylic acids is 2. The average molecular weight is 380 g/mol. The predicted octanol–water partition coefficient (Wildman–Crippen LogP) is 5.07. The number of benzene rings is 1. The van der Waals surface area contributed by atoms with Crippen molar-refractivity contribution < 1.29 is 27.2 Å². The van der Waals surface area contributed by atoms with E-state index in [0.29, 0.717) is 12.8 Å². The quantitative estimate of drug-likeness (QED) is 0.778. The van der Waals surface area contributed by atoms with Gasteiger partial charge in [-0.1, -0.05) is 19.3 Å². The highest BCUT2D eigenvalue weighted by Crippen LogP contribution is 2.37. The Labute approximate surface area is 153 Å². The molecule has 1 fully saturated rings. The highest BCUT2D eigenvalue weighted by Gasteiger charge is 2.35. The molecule has 1 aliphatic rings. The second-order valence-electron chi connectivity index (χ2n) is 6.51. The molecular formula is C19H19F3N2O3. The van der Waals surface area contributed by atoms with Crippen LogP contribution in [0.2, 0.25) is 0 Å². The van der Waals surface area contributed by atoms with E-state index in [9.17, 15) is 22.8 Å². The fourth-order valence-electron chi connectivity index (χ4n) is 3.17. The van der Waals surface area contributed by atoms with Gasteiger partial charge in [0.2, 0.25) is 5.91 Å². The third kappa shape index (κ3) is 4.69. The van der Waals surface area contributed by atoms with Gasteiger partial charge in [0, 0.05) is 11.6 Å². The van der Waals surface area contributed by atoms with Gasteiger partial charge in [0.1, 0.15) is 0 Å². The Morgan fingerprint density at radius 2 is 1.78 bits per heavy atom. The molecule has 1 aliphatic carbocycles. The van der Waals surface area contributed by atoms with Gasteiger partial charge in [-0.05, 0) is 43.2 Å². The van der Waals surface area contributed by atoms with E-state index >= 15 is 0 Å². The summed E-state index contributed by atoms with van der Waals surface area (Å²) < 4.78 is 45.3. The summed E-state index contributed by atoms with van der Waals surface area (Å²) in [4.78, 5) is 24.3. The normalized spacial score (nSPS) is 15.4. The first-order valence-corrected chi connectivity index (χ1v) is 8.71. The number of amides is 2. The van der Waals surface area contributed by atoms with E-state index in [1.807, 2.05) is 0 Å². The lowest BCUT2D eigenvalue weighted by molar-refractivity contribution is -0.137. The van der Waals surface area contributed by atoms with Gasteiger partial charge >= 0.3 is 6.18 Å². The molecule has 0 radical (unpaired) electrons. The third-order valence-corrected chi connectivity index (χ3v) is 4.56. The smallest absolute Gasteiger partial charge is 0.418 e. The van der Waals surface area contributed by atoms with Crippen LogP contribution in [0.25, 0.3) is 0 Å². The van der Waals surface area contributed by atoms with E-state index in [-0.39, 0.29) is 23.1 Å². The summed E-state index contributed by atoms with van der Waals surface area (Å²) in [5.74, 6) is -1.34. The van der Waals surface area contributed by atoms with Crippen molar-refractivity contribution >= 4 is 23.2 Å². The summed E-state index contributed by atoms with van der Waals surface area (Å²) in [6.07, 6.45) is 0.834. The van der Waals surface area contributed by atoms with E-state index in [0.717, 1.165) is 31.4 Å². The van der Waals surface area contributed by atoms with E-state index in [1.165, 1.54) is 24.5 Å². The molecule has 2 aromatic rings. The van der Waals surface area contributed by atoms with Crippen LogP contribution in [-0.4, -0.2) is 11.8 Å². The SMILES string of the molecule is O=C(Nc1ccc(NC(=O)C2CCCCC2)c(C(F)(F)F)c1)c1ccco1. The van der Waals surface area contributed by atoms with Crippen LogP contribution in [0.15, 0.2) is 41.0 Å². The summed E-state index contributed by atoms with van der Waals surface area (Å²) in [7, 11) is 0. The molecule has 0 unspecified atom stereocenters. The van der Waals surface area contributed by atoms with Crippen LogP contribution < -0.4 is 10.6 Å². The minimum absolute atomic E-state index is 0.0155. The highest BCUT2D eigenvalue weighted by atomic mass is 19.4. The molecule has 144 valence electrons. The van der Waals surface area contributed by atoms with E-state index in [2.05, 4.69) is 10.6 Å². The van der Waals surface area contributed by atoms with Crippen molar-refractivity contribution in [2.24, 2.45) is 5.92 Å². The second kappa shape index (κ2) is 7.85. The van der Waals surface area contributed by atoms with Crippen LogP contribution in [0, 0.1) is 5.92 Å². The summed E-state index contributed by atoms with van der Waals surface area (Å²) in [5.41, 5.74) is -1.36. The Balaban J connectivity index is 1.79. The van der Waals surface area contributed by atoms with Crippen LogP contribution in [0.1, 0.15) is 48.2 Å². The zero-order chi connectivity index (χ0) is 19.4. The number of hydrogen-bond acceptors (Lipinski definition) is 3. The molecule has 27 heavy (non-hydrogen) atoms. The molecule has 2 amide bonds. The summed E-state index contributed by atoms with van der Waals surface area (Å²) in [6.45, 7) is 0. The average Bonchev–Trinajstić information content (AvgIpc) is 3.17. The predicted molar refractivity (Wildman–Crippen MR) is 93.3 cm³/mol. The summed E-state index contributed by atoms with van der Waals surface area (Å²) >= 11 is 0. The monoisotopic (exact) mass is 380 g/mol. The van der Waals surface area contributed by atoms with Crippen molar-refractivity contribution in [2.45, 2.75) is 38.3 Å². The zero-order valence-corrected chi connectivity index (χ0v) is 14.4. The number of carbonyl (C=O) groups is 2. The third-order valence-electron chi connectivity index (χ3n) is 4.56. The molecule has 5 nitrogen and oxygen atoms in total. The Morgan fingerprint density at radius 3 is 2.41 bits per heavy atom. The van der Waals surface area contributed by atoms with Gasteiger partial charge in [-0.25, -0.2) is 0 Å². The van der Waals surface area contributed by atoms with Gasteiger partial charge in [0.25, 0.3) is 5.91 Å². The van der Waals surface area contributed by atoms with Gasteiger partial charge in [-0.3, -0.25) is 9.59 Å². The lowest BCUT2D eigenvalue weighted by Gasteiger charge is -2.22. The maximum absolute atomic E-state index is 13.4. The zero-order valence-electron chi connectivity index (χ0n) is 14.4. The molecule has 1 aromatic carbocycles. The maximum Gasteiger partial charge on any atom is 0.418 e. The molecular weight excluding hydrogens is 361 g/mol. The van der Waals surface area contributed by atoms with Gasteiger partial charge in [0.05, 0.1) is 17.5 Å². The molecule has 8 heteroatoms. The van der Waals surface area contributed by atoms with Crippen molar-refractivity contribution in [3.05, 3.63) is 47.9 Å². The number of anilines is 2. The van der Waals surface area contributed by atoms with Crippen LogP contribution in [0.5, 0.6) is 0 Å². The van der Waals surface area contributed by atoms with Crippen LogP contribution in [0.4, 0.5) is 24.5 Å². The molecule has 0 spiro atoms. The van der Waals surface area contributed by atoms with Gasteiger partial charge in [-0.15, -0.1) is 0 Å². The Kier molecular flexibility index (Phi) is 5.53. The van der Waals surface area contributed by atoms with Crippen molar-refractivity contribution in [1.29, 1.82) is 0 Å². The summed E-state index contributed by atoms with van der Waals surface area (Å²) in [6, 6.07) is 6.17. The Bertz CT molecular complexity index is 810. The van der Waals surface area contributed by atoms with Gasteiger partial charge in [-0.2, -0.15) is 13.2 Å². The minimum Gasteiger partial charge on any atom is -0.459 e. The van der Waals surface area contributed by atoms with Crippen LogP contribution in [-0.2, 0) is 11.0 Å². The fourth-order valence-corrected chi connectivity index (χ4v) is 3.17. The van der Waals surface area contributed by atoms with E-state index in [4.69, 9.17) is 4.42 Å². The molecule has 0 bridgehead atoms. The molecule has 1 heterocycles. The first-order valence-electron chi connectivity index (χ1n) is 8.71. The Hall–Kier alpha value is -2.77. The largest absolute Gasteiger partial charge is 0.459 e. The summed E-state index contributed by atoms with van der Waals surface area (Å²) in [5, 5.41) is 4.76. The van der Waals surface area contributed by atoms with Crippen LogP contribution in [0.3, 0.4) is 0 Å². The number of furan rings is 1. The number of rotatable bonds is 4. The minimum atomic E-state index is -4.68. The molecule has 0 aliphatic heterocycles. The topological polar surface area (TPSA) is 71.3 Å². The van der Waals surface area contributed by atoms with E-state index in [1.54, 1.807) is 0 Å². The molecule has 0 saturated heterocycles. The molecule has 2 N–H and O–H groups in total. The van der Waals surface area contributed by atoms with Crippen molar-refractivity contribution in [2.75, 3.05) is 10.6 Å². The fraction of sp³-hybridized carbons (Fsp3) is 0.368. The number of alkyl halides is 3. The molecule has 0 atom stereocenters.